The van der Waals surface area contributed by atoms with Crippen molar-refractivity contribution in [2.24, 2.45) is 0 Å². The zero-order valence-corrected chi connectivity index (χ0v) is 13.6. The van der Waals surface area contributed by atoms with Gasteiger partial charge in [-0.2, -0.15) is 0 Å². The van der Waals surface area contributed by atoms with Crippen LogP contribution in [0.2, 0.25) is 0 Å². The first-order valence-corrected chi connectivity index (χ1v) is 8.13. The Morgan fingerprint density at radius 2 is 1.67 bits per heavy atom. The summed E-state index contributed by atoms with van der Waals surface area (Å²) in [5.74, 6) is -1.13. The van der Waals surface area contributed by atoms with Crippen molar-refractivity contribution in [3.63, 3.8) is 0 Å². The lowest BCUT2D eigenvalue weighted by molar-refractivity contribution is -0.135. The first-order valence-electron chi connectivity index (χ1n) is 7.32. The van der Waals surface area contributed by atoms with Crippen molar-refractivity contribution in [1.29, 1.82) is 0 Å². The van der Waals surface area contributed by atoms with Gasteiger partial charge >= 0.3 is 0 Å². The second kappa shape index (κ2) is 6.84. The van der Waals surface area contributed by atoms with E-state index in [1.54, 1.807) is 0 Å². The highest BCUT2D eigenvalue weighted by Crippen LogP contribution is 2.39. The molecule has 0 bridgehead atoms. The maximum atomic E-state index is 13.2. The van der Waals surface area contributed by atoms with Gasteiger partial charge in [0.05, 0.1) is 10.5 Å². The Hall–Kier alpha value is -2.66. The van der Waals surface area contributed by atoms with Gasteiger partial charge in [0.25, 0.3) is 11.8 Å². The van der Waals surface area contributed by atoms with Gasteiger partial charge in [-0.25, -0.2) is 4.39 Å². The van der Waals surface area contributed by atoms with Crippen molar-refractivity contribution in [3.05, 3.63) is 83.5 Å². The molecular weight excluding hydrogens is 325 g/mol. The second-order valence-electron chi connectivity index (χ2n) is 5.14. The van der Waals surface area contributed by atoms with E-state index < -0.39 is 5.82 Å². The number of carbonyl (C=O) groups is 2. The number of halogens is 1. The molecule has 0 N–H and O–H groups in total. The molecule has 2 amide bonds. The number of hydrogen-bond donors (Lipinski definition) is 0. The van der Waals surface area contributed by atoms with E-state index in [-0.39, 0.29) is 18.4 Å². The Morgan fingerprint density at radius 3 is 2.29 bits per heavy atom. The molecule has 1 aliphatic rings. The van der Waals surface area contributed by atoms with E-state index in [1.807, 2.05) is 30.3 Å². The third-order valence-electron chi connectivity index (χ3n) is 3.53. The molecule has 2 aromatic rings. The number of carbonyl (C=O) groups excluding carboxylic acids is 2. The minimum absolute atomic E-state index is 0.140. The van der Waals surface area contributed by atoms with Gasteiger partial charge in [-0.15, -0.1) is 6.58 Å². The molecule has 120 valence electrons. The molecule has 2 aromatic carbocycles. The van der Waals surface area contributed by atoms with Crippen molar-refractivity contribution in [3.8, 4) is 0 Å². The van der Waals surface area contributed by atoms with E-state index in [0.717, 1.165) is 9.80 Å². The van der Waals surface area contributed by atoms with Crippen molar-refractivity contribution < 1.29 is 14.0 Å². The number of amides is 2. The fourth-order valence-electron chi connectivity index (χ4n) is 2.42. The summed E-state index contributed by atoms with van der Waals surface area (Å²) < 4.78 is 13.2. The Balaban J connectivity index is 2.08. The fourth-order valence-corrected chi connectivity index (χ4v) is 3.45. The molecule has 0 fully saturated rings. The van der Waals surface area contributed by atoms with E-state index in [2.05, 4.69) is 6.58 Å². The minimum atomic E-state index is -0.392. The van der Waals surface area contributed by atoms with Crippen LogP contribution in [0.5, 0.6) is 0 Å². The topological polar surface area (TPSA) is 37.4 Å². The molecule has 0 radical (unpaired) electrons. The summed E-state index contributed by atoms with van der Waals surface area (Å²) in [7, 11) is 0. The summed E-state index contributed by atoms with van der Waals surface area (Å²) >= 11 is 1.24. The Morgan fingerprint density at radius 1 is 1.00 bits per heavy atom. The van der Waals surface area contributed by atoms with Crippen LogP contribution >= 0.6 is 11.8 Å². The van der Waals surface area contributed by atoms with Gasteiger partial charge in [-0.3, -0.25) is 14.5 Å². The molecule has 0 spiro atoms. The summed E-state index contributed by atoms with van der Waals surface area (Å²) in [6.45, 7) is 3.73. The quantitative estimate of drug-likeness (QED) is 0.613. The summed E-state index contributed by atoms with van der Waals surface area (Å²) in [4.78, 5) is 27.7. The highest BCUT2D eigenvalue weighted by Gasteiger charge is 2.38. The Kier molecular flexibility index (Phi) is 4.62. The first kappa shape index (κ1) is 16.2. The number of hydrogen-bond acceptors (Lipinski definition) is 3. The van der Waals surface area contributed by atoms with Gasteiger partial charge in [0.2, 0.25) is 0 Å². The summed E-state index contributed by atoms with van der Waals surface area (Å²) in [6, 6.07) is 14.9. The lowest BCUT2D eigenvalue weighted by atomic mass is 10.1. The lowest BCUT2D eigenvalue weighted by Crippen LogP contribution is -2.31. The minimum Gasteiger partial charge on any atom is -0.270 e. The maximum absolute atomic E-state index is 13.2. The number of nitrogens with zero attached hydrogens (tertiary/aromatic N) is 1. The lowest BCUT2D eigenvalue weighted by Gasteiger charge is -2.11. The normalized spacial score (nSPS) is 14.5. The van der Waals surface area contributed by atoms with Crippen LogP contribution in [0.3, 0.4) is 0 Å². The van der Waals surface area contributed by atoms with E-state index in [1.165, 1.54) is 42.1 Å². The fraction of sp³-hybridized carbons (Fsp3) is 0.0526. The highest BCUT2D eigenvalue weighted by atomic mass is 32.2. The average molecular weight is 339 g/mol. The van der Waals surface area contributed by atoms with Crippen molar-refractivity contribution in [1.82, 2.24) is 4.90 Å². The molecule has 0 unspecified atom stereocenters. The first-order chi connectivity index (χ1) is 11.6. The molecule has 1 heterocycles. The van der Waals surface area contributed by atoms with Crippen molar-refractivity contribution in [2.45, 2.75) is 4.90 Å². The molecule has 3 nitrogen and oxygen atoms in total. The number of rotatable bonds is 5. The molecular formula is C19H14FNO2S. The molecule has 0 atom stereocenters. The van der Waals surface area contributed by atoms with Crippen LogP contribution in [0, 0.1) is 5.82 Å². The molecule has 0 aliphatic carbocycles. The van der Waals surface area contributed by atoms with Crippen LogP contribution < -0.4 is 0 Å². The van der Waals surface area contributed by atoms with E-state index in [9.17, 15) is 14.0 Å². The van der Waals surface area contributed by atoms with Crippen LogP contribution in [0.15, 0.2) is 77.1 Å². The SMILES string of the molecule is C=CCN1C(=O)C(Sc2ccccc2)=C(c2ccc(F)cc2)C1=O. The third kappa shape index (κ3) is 3.03. The van der Waals surface area contributed by atoms with Gasteiger partial charge in [0.15, 0.2) is 0 Å². The maximum Gasteiger partial charge on any atom is 0.268 e. The van der Waals surface area contributed by atoms with E-state index in [0.29, 0.717) is 16.0 Å². The molecule has 1 aliphatic heterocycles. The standard InChI is InChI=1S/C19H14FNO2S/c1-2-12-21-18(22)16(13-8-10-14(20)11-9-13)17(19(21)23)24-15-6-4-3-5-7-15/h2-11H,1,12H2. The van der Waals surface area contributed by atoms with Crippen LogP contribution in [0.4, 0.5) is 4.39 Å². The smallest absolute Gasteiger partial charge is 0.268 e. The van der Waals surface area contributed by atoms with Gasteiger partial charge in [-0.1, -0.05) is 48.2 Å². The number of thioether (sulfide) groups is 1. The number of imide groups is 1. The van der Waals surface area contributed by atoms with Gasteiger partial charge in [-0.05, 0) is 29.8 Å². The predicted octanol–water partition coefficient (Wildman–Crippen LogP) is 3.88. The van der Waals surface area contributed by atoms with Crippen LogP contribution in [0.25, 0.3) is 5.57 Å². The molecule has 5 heteroatoms. The second-order valence-corrected chi connectivity index (χ2v) is 6.22. The molecule has 0 aromatic heterocycles. The monoisotopic (exact) mass is 339 g/mol. The third-order valence-corrected chi connectivity index (χ3v) is 4.62. The molecule has 0 saturated heterocycles. The highest BCUT2D eigenvalue weighted by molar-refractivity contribution is 8.04. The van der Waals surface area contributed by atoms with Crippen LogP contribution in [0.1, 0.15) is 5.56 Å². The molecule has 24 heavy (non-hydrogen) atoms. The molecule has 0 saturated carbocycles. The zero-order chi connectivity index (χ0) is 17.1. The summed E-state index contributed by atoms with van der Waals surface area (Å²) in [5.41, 5.74) is 0.829. The van der Waals surface area contributed by atoms with Crippen LogP contribution in [-0.2, 0) is 9.59 Å². The zero-order valence-electron chi connectivity index (χ0n) is 12.7. The van der Waals surface area contributed by atoms with Gasteiger partial charge in [0, 0.05) is 11.4 Å². The van der Waals surface area contributed by atoms with Crippen molar-refractivity contribution >= 4 is 29.1 Å². The Labute approximate surface area is 143 Å². The van der Waals surface area contributed by atoms with Gasteiger partial charge in [0.1, 0.15) is 5.82 Å². The Bertz CT molecular complexity index is 828. The summed E-state index contributed by atoms with van der Waals surface area (Å²) in [6.07, 6.45) is 1.51. The summed E-state index contributed by atoms with van der Waals surface area (Å²) in [5, 5.41) is 0. The van der Waals surface area contributed by atoms with Gasteiger partial charge < -0.3 is 0 Å². The number of benzene rings is 2. The molecule has 3 rings (SSSR count). The van der Waals surface area contributed by atoms with E-state index in [4.69, 9.17) is 0 Å². The van der Waals surface area contributed by atoms with Crippen molar-refractivity contribution in [2.75, 3.05) is 6.54 Å². The largest absolute Gasteiger partial charge is 0.270 e. The van der Waals surface area contributed by atoms with Crippen LogP contribution in [-0.4, -0.2) is 23.3 Å². The average Bonchev–Trinajstić information content (AvgIpc) is 2.82. The van der Waals surface area contributed by atoms with E-state index >= 15 is 0 Å². The predicted molar refractivity (Wildman–Crippen MR) is 92.5 cm³/mol.